The Labute approximate surface area is 123 Å². The van der Waals surface area contributed by atoms with Crippen LogP contribution in [0.15, 0.2) is 0 Å². The molecule has 2 heterocycles. The fraction of sp³-hybridized carbons (Fsp3) is 1.00. The van der Waals surface area contributed by atoms with Gasteiger partial charge in [-0.25, -0.2) is 0 Å². The molecule has 0 radical (unpaired) electrons. The minimum Gasteiger partial charge on any atom is -0.356 e. The Morgan fingerprint density at radius 2 is 1.40 bits per heavy atom. The normalized spacial score (nSPS) is 50.1. The van der Waals surface area contributed by atoms with E-state index in [0.717, 1.165) is 12.8 Å². The fourth-order valence-electron chi connectivity index (χ4n) is 3.33. The van der Waals surface area contributed by atoms with E-state index in [2.05, 4.69) is 34.6 Å². The predicted molar refractivity (Wildman–Crippen MR) is 77.3 cm³/mol. The van der Waals surface area contributed by atoms with Gasteiger partial charge in [-0.3, -0.25) is 0 Å². The number of methoxy groups -OCH3 is 1. The zero-order valence-electron chi connectivity index (χ0n) is 13.7. The van der Waals surface area contributed by atoms with Gasteiger partial charge in [0, 0.05) is 20.0 Å². The monoisotopic (exact) mass is 286 g/mol. The molecule has 0 saturated carbocycles. The van der Waals surface area contributed by atoms with Crippen LogP contribution in [0.2, 0.25) is 0 Å². The standard InChI is InChI=1S/C16H30O4/c1-9-7-15(18-12(4)11(9)3)20-16-10(2)8-14(17-6)19-13(16)5/h9-16H,7-8H2,1-6H3/t9-,10-,11?,12-,13-,14-,15+,16+/m1/s1. The number of hydrogen-bond acceptors (Lipinski definition) is 4. The summed E-state index contributed by atoms with van der Waals surface area (Å²) in [6, 6.07) is 0. The molecular formula is C16H30O4. The summed E-state index contributed by atoms with van der Waals surface area (Å²) < 4.78 is 23.4. The summed E-state index contributed by atoms with van der Waals surface area (Å²) in [5.41, 5.74) is 0. The minimum absolute atomic E-state index is 0.0391. The summed E-state index contributed by atoms with van der Waals surface area (Å²) in [5.74, 6) is 1.63. The van der Waals surface area contributed by atoms with Crippen molar-refractivity contribution < 1.29 is 18.9 Å². The second kappa shape index (κ2) is 6.73. The summed E-state index contributed by atoms with van der Waals surface area (Å²) >= 11 is 0. The molecule has 0 aromatic rings. The van der Waals surface area contributed by atoms with Crippen molar-refractivity contribution in [3.63, 3.8) is 0 Å². The Morgan fingerprint density at radius 1 is 0.800 bits per heavy atom. The van der Waals surface area contributed by atoms with Gasteiger partial charge in [0.2, 0.25) is 0 Å². The molecule has 8 atom stereocenters. The minimum atomic E-state index is -0.106. The van der Waals surface area contributed by atoms with Crippen LogP contribution in [0.3, 0.4) is 0 Å². The quantitative estimate of drug-likeness (QED) is 0.798. The van der Waals surface area contributed by atoms with Crippen LogP contribution in [0.1, 0.15) is 47.5 Å². The molecular weight excluding hydrogens is 256 g/mol. The van der Waals surface area contributed by atoms with E-state index >= 15 is 0 Å². The highest BCUT2D eigenvalue weighted by atomic mass is 16.7. The van der Waals surface area contributed by atoms with Crippen molar-refractivity contribution in [1.82, 2.24) is 0 Å². The van der Waals surface area contributed by atoms with Crippen LogP contribution in [0, 0.1) is 17.8 Å². The average molecular weight is 286 g/mol. The summed E-state index contributed by atoms with van der Waals surface area (Å²) in [5, 5.41) is 0. The maximum atomic E-state index is 6.24. The lowest BCUT2D eigenvalue weighted by Gasteiger charge is -2.43. The highest BCUT2D eigenvalue weighted by molar-refractivity contribution is 4.82. The third kappa shape index (κ3) is 3.53. The molecule has 4 nitrogen and oxygen atoms in total. The van der Waals surface area contributed by atoms with Crippen LogP contribution in [-0.2, 0) is 18.9 Å². The molecule has 2 aliphatic rings. The van der Waals surface area contributed by atoms with Crippen molar-refractivity contribution in [3.05, 3.63) is 0 Å². The highest BCUT2D eigenvalue weighted by Crippen LogP contribution is 2.34. The lowest BCUT2D eigenvalue weighted by molar-refractivity contribution is -0.291. The van der Waals surface area contributed by atoms with E-state index in [9.17, 15) is 0 Å². The average Bonchev–Trinajstić information content (AvgIpc) is 2.39. The Bertz CT molecular complexity index is 285. The van der Waals surface area contributed by atoms with Gasteiger partial charge in [0.1, 0.15) is 0 Å². The molecule has 4 heteroatoms. The van der Waals surface area contributed by atoms with Crippen LogP contribution >= 0.6 is 0 Å². The molecule has 2 fully saturated rings. The molecule has 20 heavy (non-hydrogen) atoms. The third-order valence-corrected chi connectivity index (χ3v) is 5.09. The van der Waals surface area contributed by atoms with Gasteiger partial charge >= 0.3 is 0 Å². The van der Waals surface area contributed by atoms with Crippen LogP contribution in [0.5, 0.6) is 0 Å². The second-order valence-corrected chi connectivity index (χ2v) is 6.66. The molecule has 118 valence electrons. The Hall–Kier alpha value is -0.160. The van der Waals surface area contributed by atoms with E-state index in [4.69, 9.17) is 18.9 Å². The van der Waals surface area contributed by atoms with Gasteiger partial charge in [0.25, 0.3) is 0 Å². The zero-order valence-corrected chi connectivity index (χ0v) is 13.7. The molecule has 0 bridgehead atoms. The van der Waals surface area contributed by atoms with Crippen LogP contribution in [0.4, 0.5) is 0 Å². The molecule has 0 N–H and O–H groups in total. The molecule has 0 aliphatic carbocycles. The molecule has 0 spiro atoms. The van der Waals surface area contributed by atoms with Crippen molar-refractivity contribution in [2.45, 2.75) is 78.4 Å². The van der Waals surface area contributed by atoms with Gasteiger partial charge < -0.3 is 18.9 Å². The summed E-state index contributed by atoms with van der Waals surface area (Å²) in [4.78, 5) is 0. The largest absolute Gasteiger partial charge is 0.356 e. The van der Waals surface area contributed by atoms with Crippen LogP contribution < -0.4 is 0 Å². The molecule has 2 aliphatic heterocycles. The maximum Gasteiger partial charge on any atom is 0.158 e. The predicted octanol–water partition coefficient (Wildman–Crippen LogP) is 3.20. The fourth-order valence-corrected chi connectivity index (χ4v) is 3.33. The van der Waals surface area contributed by atoms with E-state index in [-0.39, 0.29) is 30.9 Å². The van der Waals surface area contributed by atoms with Gasteiger partial charge in [-0.05, 0) is 31.6 Å². The van der Waals surface area contributed by atoms with Gasteiger partial charge in [-0.15, -0.1) is 0 Å². The zero-order chi connectivity index (χ0) is 14.9. The Morgan fingerprint density at radius 3 is 1.95 bits per heavy atom. The van der Waals surface area contributed by atoms with Crippen molar-refractivity contribution in [2.75, 3.05) is 7.11 Å². The first-order valence-corrected chi connectivity index (χ1v) is 7.91. The SMILES string of the molecule is CO[C@H]1C[C@@H](C)[C@H](O[C@H]2C[C@@H](C)C(C)[C@@H](C)O2)[C@@H](C)O1. The smallest absolute Gasteiger partial charge is 0.158 e. The van der Waals surface area contributed by atoms with Crippen LogP contribution in [-0.4, -0.2) is 38.0 Å². The summed E-state index contributed by atoms with van der Waals surface area (Å²) in [6.07, 6.45) is 2.01. The molecule has 2 rings (SSSR count). The van der Waals surface area contributed by atoms with E-state index in [1.54, 1.807) is 7.11 Å². The van der Waals surface area contributed by atoms with Gasteiger partial charge in [0.05, 0.1) is 18.3 Å². The van der Waals surface area contributed by atoms with Gasteiger partial charge in [0.15, 0.2) is 12.6 Å². The van der Waals surface area contributed by atoms with E-state index in [0.29, 0.717) is 17.8 Å². The highest BCUT2D eigenvalue weighted by Gasteiger charge is 2.39. The number of rotatable bonds is 3. The second-order valence-electron chi connectivity index (χ2n) is 6.66. The lowest BCUT2D eigenvalue weighted by atomic mass is 9.86. The van der Waals surface area contributed by atoms with Crippen molar-refractivity contribution in [1.29, 1.82) is 0 Å². The van der Waals surface area contributed by atoms with E-state index < -0.39 is 0 Å². The summed E-state index contributed by atoms with van der Waals surface area (Å²) in [7, 11) is 1.69. The first-order chi connectivity index (χ1) is 9.42. The van der Waals surface area contributed by atoms with E-state index in [1.807, 2.05) is 0 Å². The van der Waals surface area contributed by atoms with E-state index in [1.165, 1.54) is 0 Å². The van der Waals surface area contributed by atoms with Crippen LogP contribution in [0.25, 0.3) is 0 Å². The maximum absolute atomic E-state index is 6.24. The van der Waals surface area contributed by atoms with Gasteiger partial charge in [-0.1, -0.05) is 20.8 Å². The van der Waals surface area contributed by atoms with Crippen molar-refractivity contribution in [3.8, 4) is 0 Å². The first-order valence-electron chi connectivity index (χ1n) is 7.91. The lowest BCUT2D eigenvalue weighted by Crippen LogP contribution is -2.48. The van der Waals surface area contributed by atoms with Crippen molar-refractivity contribution in [2.24, 2.45) is 17.8 Å². The molecule has 1 unspecified atom stereocenters. The molecule has 0 aromatic heterocycles. The van der Waals surface area contributed by atoms with Gasteiger partial charge in [-0.2, -0.15) is 0 Å². The number of hydrogen-bond donors (Lipinski definition) is 0. The number of ether oxygens (including phenoxy) is 4. The Kier molecular flexibility index (Phi) is 5.46. The molecule has 0 amide bonds. The molecule has 2 saturated heterocycles. The summed E-state index contributed by atoms with van der Waals surface area (Å²) in [6.45, 7) is 10.9. The Balaban J connectivity index is 1.92. The third-order valence-electron chi connectivity index (χ3n) is 5.09. The topological polar surface area (TPSA) is 36.9 Å². The van der Waals surface area contributed by atoms with Crippen molar-refractivity contribution >= 4 is 0 Å². The molecule has 0 aromatic carbocycles. The first kappa shape index (κ1) is 16.2.